The summed E-state index contributed by atoms with van der Waals surface area (Å²) in [6.45, 7) is 7.28. The molecule has 0 spiro atoms. The van der Waals surface area contributed by atoms with Crippen molar-refractivity contribution in [2.24, 2.45) is 0 Å². The second kappa shape index (κ2) is 6.19. The van der Waals surface area contributed by atoms with Gasteiger partial charge in [-0.05, 0) is 33.8 Å². The molecule has 1 saturated heterocycles. The molecule has 1 aromatic heterocycles. The van der Waals surface area contributed by atoms with Crippen LogP contribution in [0.2, 0.25) is 0 Å². The smallest absolute Gasteiger partial charge is 0.410 e. The number of aliphatic hydroxyl groups is 1. The summed E-state index contributed by atoms with van der Waals surface area (Å²) in [6.07, 6.45) is 2.85. The van der Waals surface area contributed by atoms with Crippen molar-refractivity contribution in [2.75, 3.05) is 19.7 Å². The third-order valence-electron chi connectivity index (χ3n) is 3.63. The molecule has 1 unspecified atom stereocenters. The van der Waals surface area contributed by atoms with Gasteiger partial charge in [0, 0.05) is 12.4 Å². The second-order valence-electron chi connectivity index (χ2n) is 6.93. The van der Waals surface area contributed by atoms with Crippen LogP contribution in [-0.4, -0.2) is 62.6 Å². The van der Waals surface area contributed by atoms with Crippen LogP contribution in [0.15, 0.2) is 18.5 Å². The number of amides is 2. The summed E-state index contributed by atoms with van der Waals surface area (Å²) < 4.78 is 6.80. The van der Waals surface area contributed by atoms with E-state index in [1.54, 1.807) is 46.2 Å². The highest BCUT2D eigenvalue weighted by atomic mass is 16.6. The van der Waals surface area contributed by atoms with Crippen LogP contribution in [0.4, 0.5) is 4.79 Å². The van der Waals surface area contributed by atoms with E-state index in [4.69, 9.17) is 4.74 Å². The summed E-state index contributed by atoms with van der Waals surface area (Å²) in [4.78, 5) is 25.7. The molecule has 2 amide bonds. The van der Waals surface area contributed by atoms with Crippen LogP contribution in [0.1, 0.15) is 33.7 Å². The molecule has 2 rings (SSSR count). The minimum Gasteiger partial charge on any atom is -0.444 e. The number of nitrogens with one attached hydrogen (secondary N) is 1. The van der Waals surface area contributed by atoms with E-state index in [1.165, 1.54) is 9.58 Å². The molecule has 1 aliphatic heterocycles. The fraction of sp³-hybridized carbons (Fsp3) is 0.667. The zero-order valence-corrected chi connectivity index (χ0v) is 13.9. The number of carbonyl (C=O) groups is 2. The zero-order chi connectivity index (χ0) is 17.3. The lowest BCUT2D eigenvalue weighted by atomic mass is 9.90. The molecule has 2 N–H and O–H groups in total. The van der Waals surface area contributed by atoms with Crippen molar-refractivity contribution in [1.82, 2.24) is 20.0 Å². The van der Waals surface area contributed by atoms with E-state index in [2.05, 4.69) is 10.4 Å². The average Bonchev–Trinajstić information content (AvgIpc) is 2.93. The van der Waals surface area contributed by atoms with Crippen LogP contribution in [0.3, 0.4) is 0 Å². The predicted molar refractivity (Wildman–Crippen MR) is 82.7 cm³/mol. The Kier molecular flexibility index (Phi) is 4.65. The number of likely N-dealkylation sites (tertiary alicyclic amines) is 1. The number of aromatic nitrogens is 2. The molecule has 128 valence electrons. The third-order valence-corrected chi connectivity index (χ3v) is 3.63. The van der Waals surface area contributed by atoms with Crippen LogP contribution < -0.4 is 5.32 Å². The van der Waals surface area contributed by atoms with Gasteiger partial charge < -0.3 is 20.1 Å². The normalized spacial score (nSPS) is 18.0. The Morgan fingerprint density at radius 3 is 2.57 bits per heavy atom. The molecule has 1 aliphatic rings. The van der Waals surface area contributed by atoms with Crippen molar-refractivity contribution in [1.29, 1.82) is 0 Å². The minimum atomic E-state index is -0.824. The maximum absolute atomic E-state index is 12.3. The number of aliphatic hydroxyl groups excluding tert-OH is 1. The largest absolute Gasteiger partial charge is 0.444 e. The van der Waals surface area contributed by atoms with Crippen LogP contribution in [0.25, 0.3) is 0 Å². The fourth-order valence-electron chi connectivity index (χ4n) is 2.35. The predicted octanol–water partition coefficient (Wildman–Crippen LogP) is 0.542. The first kappa shape index (κ1) is 17.3. The van der Waals surface area contributed by atoms with Gasteiger partial charge in [-0.25, -0.2) is 4.79 Å². The molecular weight excluding hydrogens is 300 g/mol. The number of carbonyl (C=O) groups excluding carboxylic acids is 2. The highest BCUT2D eigenvalue weighted by Gasteiger charge is 2.47. The Bertz CT molecular complexity index is 559. The summed E-state index contributed by atoms with van der Waals surface area (Å²) in [5, 5.41) is 16.5. The van der Waals surface area contributed by atoms with Crippen molar-refractivity contribution in [2.45, 2.75) is 44.9 Å². The Morgan fingerprint density at radius 1 is 1.43 bits per heavy atom. The highest BCUT2D eigenvalue weighted by molar-refractivity contribution is 5.81. The topological polar surface area (TPSA) is 96.7 Å². The maximum atomic E-state index is 12.3. The summed E-state index contributed by atoms with van der Waals surface area (Å²) in [5.74, 6) is -0.258. The zero-order valence-electron chi connectivity index (χ0n) is 13.9. The Labute approximate surface area is 135 Å². The van der Waals surface area contributed by atoms with E-state index in [-0.39, 0.29) is 25.6 Å². The molecule has 1 atom stereocenters. The second-order valence-corrected chi connectivity index (χ2v) is 6.93. The molecule has 8 nitrogen and oxygen atoms in total. The highest BCUT2D eigenvalue weighted by Crippen LogP contribution is 2.24. The van der Waals surface area contributed by atoms with Gasteiger partial charge in [0.1, 0.15) is 11.6 Å². The standard InChI is InChI=1S/C15H24N4O4/c1-11(19-7-5-6-16-19)12(21)17-15(10-20)8-18(9-15)13(22)23-14(2,3)4/h5-7,11,20H,8-10H2,1-4H3,(H,17,21). The van der Waals surface area contributed by atoms with Gasteiger partial charge in [-0.3, -0.25) is 9.48 Å². The van der Waals surface area contributed by atoms with E-state index in [9.17, 15) is 14.7 Å². The molecule has 1 aromatic rings. The van der Waals surface area contributed by atoms with Crippen molar-refractivity contribution in [3.05, 3.63) is 18.5 Å². The average molecular weight is 324 g/mol. The lowest BCUT2D eigenvalue weighted by Gasteiger charge is -2.49. The molecule has 1 fully saturated rings. The summed E-state index contributed by atoms with van der Waals surface area (Å²) >= 11 is 0. The maximum Gasteiger partial charge on any atom is 0.410 e. The van der Waals surface area contributed by atoms with Crippen LogP contribution >= 0.6 is 0 Å². The van der Waals surface area contributed by atoms with Gasteiger partial charge in [0.15, 0.2) is 0 Å². The van der Waals surface area contributed by atoms with Crippen molar-refractivity contribution < 1.29 is 19.4 Å². The van der Waals surface area contributed by atoms with Gasteiger partial charge in [0.05, 0.1) is 25.2 Å². The van der Waals surface area contributed by atoms with Crippen molar-refractivity contribution in [3.8, 4) is 0 Å². The van der Waals surface area contributed by atoms with Crippen LogP contribution in [0.5, 0.6) is 0 Å². The van der Waals surface area contributed by atoms with Gasteiger partial charge >= 0.3 is 6.09 Å². The van der Waals surface area contributed by atoms with Gasteiger partial charge in [-0.1, -0.05) is 0 Å². The minimum absolute atomic E-state index is 0.218. The number of rotatable bonds is 4. The van der Waals surface area contributed by atoms with Crippen LogP contribution in [-0.2, 0) is 9.53 Å². The SMILES string of the molecule is CC(C(=O)NC1(CO)CN(C(=O)OC(C)(C)C)C1)n1cccn1. The number of ether oxygens (including phenoxy) is 1. The molecule has 0 bridgehead atoms. The lowest BCUT2D eigenvalue weighted by Crippen LogP contribution is -2.73. The van der Waals surface area contributed by atoms with E-state index in [0.29, 0.717) is 0 Å². The van der Waals surface area contributed by atoms with Gasteiger partial charge in [-0.2, -0.15) is 5.10 Å². The summed E-state index contributed by atoms with van der Waals surface area (Å²) in [7, 11) is 0. The monoisotopic (exact) mass is 324 g/mol. The van der Waals surface area contributed by atoms with E-state index >= 15 is 0 Å². The molecule has 0 aromatic carbocycles. The first-order valence-corrected chi connectivity index (χ1v) is 7.56. The molecule has 23 heavy (non-hydrogen) atoms. The molecule has 0 aliphatic carbocycles. The van der Waals surface area contributed by atoms with Gasteiger partial charge in [-0.15, -0.1) is 0 Å². The fourth-order valence-corrected chi connectivity index (χ4v) is 2.35. The van der Waals surface area contributed by atoms with E-state index in [0.717, 1.165) is 0 Å². The molecular formula is C15H24N4O4. The van der Waals surface area contributed by atoms with E-state index < -0.39 is 23.3 Å². The first-order valence-electron chi connectivity index (χ1n) is 7.56. The van der Waals surface area contributed by atoms with E-state index in [1.807, 2.05) is 0 Å². The van der Waals surface area contributed by atoms with Crippen LogP contribution in [0, 0.1) is 0 Å². The molecule has 0 saturated carbocycles. The molecule has 0 radical (unpaired) electrons. The lowest BCUT2D eigenvalue weighted by molar-refractivity contribution is -0.130. The van der Waals surface area contributed by atoms with Crippen molar-refractivity contribution >= 4 is 12.0 Å². The number of hydrogen-bond acceptors (Lipinski definition) is 5. The third kappa shape index (κ3) is 4.01. The molecule has 8 heteroatoms. The van der Waals surface area contributed by atoms with Gasteiger partial charge in [0.25, 0.3) is 0 Å². The molecule has 2 heterocycles. The Hall–Kier alpha value is -2.09. The van der Waals surface area contributed by atoms with Crippen molar-refractivity contribution in [3.63, 3.8) is 0 Å². The summed E-state index contributed by atoms with van der Waals surface area (Å²) in [6, 6.07) is 1.24. The Morgan fingerprint density at radius 2 is 2.09 bits per heavy atom. The summed E-state index contributed by atoms with van der Waals surface area (Å²) in [5.41, 5.74) is -1.40. The number of nitrogens with zero attached hydrogens (tertiary/aromatic N) is 3. The number of hydrogen-bond donors (Lipinski definition) is 2. The van der Waals surface area contributed by atoms with Gasteiger partial charge in [0.2, 0.25) is 5.91 Å². The first-order chi connectivity index (χ1) is 10.7. The quantitative estimate of drug-likeness (QED) is 0.843. The Balaban J connectivity index is 1.92.